The quantitative estimate of drug-likeness (QED) is 0.599. The third kappa shape index (κ3) is 4.70. The van der Waals surface area contributed by atoms with E-state index >= 15 is 0 Å². The maximum absolute atomic E-state index is 12.2. The van der Waals surface area contributed by atoms with E-state index in [0.29, 0.717) is 33.1 Å². The molecular weight excluding hydrogens is 384 g/mol. The summed E-state index contributed by atoms with van der Waals surface area (Å²) in [6.45, 7) is 6.87. The fraction of sp³-hybridized carbons (Fsp3) is 0.300. The van der Waals surface area contributed by atoms with Crippen molar-refractivity contribution in [3.63, 3.8) is 0 Å². The first-order valence-corrected chi connectivity index (χ1v) is 9.63. The van der Waals surface area contributed by atoms with Crippen molar-refractivity contribution in [2.75, 3.05) is 13.7 Å². The van der Waals surface area contributed by atoms with E-state index in [1.165, 1.54) is 21.8 Å². The number of nitrogens with zero attached hydrogens (tertiary/aromatic N) is 2. The Morgan fingerprint density at radius 3 is 2.78 bits per heavy atom. The van der Waals surface area contributed by atoms with Crippen molar-refractivity contribution in [1.82, 2.24) is 9.38 Å². The number of hydrogen-bond donors (Lipinski definition) is 0. The summed E-state index contributed by atoms with van der Waals surface area (Å²) in [6, 6.07) is 7.17. The van der Waals surface area contributed by atoms with Gasteiger partial charge in [-0.3, -0.25) is 9.20 Å². The number of thiazole rings is 1. The van der Waals surface area contributed by atoms with Crippen LogP contribution in [0.3, 0.4) is 0 Å². The van der Waals surface area contributed by atoms with E-state index in [2.05, 4.69) is 25.8 Å². The highest BCUT2D eigenvalue weighted by atomic mass is 35.5. The summed E-state index contributed by atoms with van der Waals surface area (Å²) < 4.78 is 13.4. The first-order chi connectivity index (χ1) is 12.8. The van der Waals surface area contributed by atoms with E-state index in [0.717, 1.165) is 5.56 Å². The largest absolute Gasteiger partial charge is 0.493 e. The Bertz CT molecular complexity index is 1050. The number of ether oxygens (including phenoxy) is 2. The van der Waals surface area contributed by atoms with Crippen molar-refractivity contribution in [3.05, 3.63) is 56.4 Å². The van der Waals surface area contributed by atoms with Crippen LogP contribution in [0, 0.1) is 5.41 Å². The zero-order valence-electron chi connectivity index (χ0n) is 15.7. The topological polar surface area (TPSA) is 52.8 Å². The number of aromatic nitrogens is 2. The first kappa shape index (κ1) is 19.5. The monoisotopic (exact) mass is 404 g/mol. The average molecular weight is 405 g/mol. The van der Waals surface area contributed by atoms with Crippen LogP contribution in [0.5, 0.6) is 11.5 Å². The lowest BCUT2D eigenvalue weighted by Crippen LogP contribution is -2.17. The zero-order chi connectivity index (χ0) is 19.6. The molecule has 0 bridgehead atoms. The molecule has 2 aromatic heterocycles. The van der Waals surface area contributed by atoms with Gasteiger partial charge in [0.05, 0.1) is 19.4 Å². The Kier molecular flexibility index (Phi) is 5.58. The minimum atomic E-state index is -0.169. The van der Waals surface area contributed by atoms with Gasteiger partial charge in [0.25, 0.3) is 5.56 Å². The number of fused-ring (bicyclic) bond motifs is 1. The van der Waals surface area contributed by atoms with Gasteiger partial charge in [-0.05, 0) is 23.6 Å². The predicted molar refractivity (Wildman–Crippen MR) is 111 cm³/mol. The van der Waals surface area contributed by atoms with E-state index < -0.39 is 0 Å². The van der Waals surface area contributed by atoms with Gasteiger partial charge in [0.15, 0.2) is 16.5 Å². The molecule has 27 heavy (non-hydrogen) atoms. The molecule has 0 radical (unpaired) electrons. The van der Waals surface area contributed by atoms with E-state index in [-0.39, 0.29) is 11.0 Å². The lowest BCUT2D eigenvalue weighted by molar-refractivity contribution is 0.191. The smallest absolute Gasteiger partial charge is 0.259 e. The summed E-state index contributed by atoms with van der Waals surface area (Å²) in [7, 11) is 1.61. The van der Waals surface area contributed by atoms with Crippen molar-refractivity contribution in [1.29, 1.82) is 0 Å². The summed E-state index contributed by atoms with van der Waals surface area (Å²) in [5, 5.41) is 0. The number of para-hydroxylation sites is 1. The highest BCUT2D eigenvalue weighted by Crippen LogP contribution is 2.33. The van der Waals surface area contributed by atoms with Gasteiger partial charge in [0.2, 0.25) is 0 Å². The Morgan fingerprint density at radius 2 is 2.07 bits per heavy atom. The number of halogens is 1. The summed E-state index contributed by atoms with van der Waals surface area (Å²) in [6.07, 6.45) is 5.23. The van der Waals surface area contributed by atoms with Crippen molar-refractivity contribution in [3.8, 4) is 11.5 Å². The van der Waals surface area contributed by atoms with Gasteiger partial charge in [0.1, 0.15) is 4.34 Å². The molecule has 5 nitrogen and oxygen atoms in total. The summed E-state index contributed by atoms with van der Waals surface area (Å²) in [5.41, 5.74) is 1.26. The summed E-state index contributed by atoms with van der Waals surface area (Å²) >= 11 is 7.24. The molecule has 0 saturated heterocycles. The van der Waals surface area contributed by atoms with Gasteiger partial charge < -0.3 is 9.47 Å². The first-order valence-electron chi connectivity index (χ1n) is 8.43. The third-order valence-electron chi connectivity index (χ3n) is 3.67. The summed E-state index contributed by atoms with van der Waals surface area (Å²) in [4.78, 5) is 17.2. The molecule has 3 aromatic rings. The number of rotatable bonds is 5. The van der Waals surface area contributed by atoms with Crippen molar-refractivity contribution >= 4 is 40.1 Å². The molecule has 0 saturated carbocycles. The van der Waals surface area contributed by atoms with E-state index in [4.69, 9.17) is 21.1 Å². The fourth-order valence-electron chi connectivity index (χ4n) is 2.42. The van der Waals surface area contributed by atoms with Crippen molar-refractivity contribution < 1.29 is 9.47 Å². The number of methoxy groups -OCH3 is 1. The lowest BCUT2D eigenvalue weighted by atomic mass is 9.98. The fourth-order valence-corrected chi connectivity index (χ4v) is 3.45. The van der Waals surface area contributed by atoms with Crippen LogP contribution in [0.25, 0.3) is 17.1 Å². The minimum Gasteiger partial charge on any atom is -0.493 e. The van der Waals surface area contributed by atoms with Crippen LogP contribution in [0.2, 0.25) is 4.34 Å². The number of benzene rings is 1. The Labute approximate surface area is 166 Å². The summed E-state index contributed by atoms with van der Waals surface area (Å²) in [5.74, 6) is 1.33. The van der Waals surface area contributed by atoms with Gasteiger partial charge in [-0.1, -0.05) is 55.8 Å². The molecule has 1 aromatic carbocycles. The van der Waals surface area contributed by atoms with Crippen LogP contribution in [0.1, 0.15) is 32.0 Å². The standard InChI is InChI=1S/C20H21ClN2O3S/c1-20(2,3)12-26-18-13(6-5-7-15(18)25-4)8-9-14-10-17(24)23-11-16(21)27-19(23)22-14/h5-11H,12H2,1-4H3/b9-8+. The van der Waals surface area contributed by atoms with Gasteiger partial charge >= 0.3 is 0 Å². The van der Waals surface area contributed by atoms with Gasteiger partial charge in [0, 0.05) is 17.8 Å². The van der Waals surface area contributed by atoms with E-state index in [9.17, 15) is 4.79 Å². The second-order valence-electron chi connectivity index (χ2n) is 7.27. The van der Waals surface area contributed by atoms with Crippen molar-refractivity contribution in [2.45, 2.75) is 20.8 Å². The molecule has 0 aliphatic rings. The average Bonchev–Trinajstić information content (AvgIpc) is 2.98. The van der Waals surface area contributed by atoms with Gasteiger partial charge in [-0.25, -0.2) is 4.98 Å². The molecule has 3 rings (SSSR count). The van der Waals surface area contributed by atoms with Crippen molar-refractivity contribution in [2.24, 2.45) is 5.41 Å². The van der Waals surface area contributed by atoms with Crippen LogP contribution >= 0.6 is 22.9 Å². The molecule has 0 unspecified atom stereocenters. The van der Waals surface area contributed by atoms with Crippen LogP contribution in [0.4, 0.5) is 0 Å². The zero-order valence-corrected chi connectivity index (χ0v) is 17.2. The molecule has 0 fully saturated rings. The molecule has 0 spiro atoms. The van der Waals surface area contributed by atoms with Gasteiger partial charge in [-0.15, -0.1) is 0 Å². The highest BCUT2D eigenvalue weighted by molar-refractivity contribution is 7.20. The molecular formula is C20H21ClN2O3S. The van der Waals surface area contributed by atoms with Crippen LogP contribution in [-0.4, -0.2) is 23.1 Å². The van der Waals surface area contributed by atoms with E-state index in [1.54, 1.807) is 19.4 Å². The second kappa shape index (κ2) is 7.74. The Morgan fingerprint density at radius 1 is 1.30 bits per heavy atom. The molecule has 0 aliphatic heterocycles. The molecule has 0 N–H and O–H groups in total. The third-order valence-corrected chi connectivity index (χ3v) is 4.77. The molecule has 2 heterocycles. The highest BCUT2D eigenvalue weighted by Gasteiger charge is 2.15. The van der Waals surface area contributed by atoms with Crippen LogP contribution < -0.4 is 15.0 Å². The lowest BCUT2D eigenvalue weighted by Gasteiger charge is -2.21. The van der Waals surface area contributed by atoms with Gasteiger partial charge in [-0.2, -0.15) is 0 Å². The number of hydrogen-bond acceptors (Lipinski definition) is 5. The SMILES string of the molecule is COc1cccc(/C=C/c2cc(=O)n3cc(Cl)sc3n2)c1OCC(C)(C)C. The Balaban J connectivity index is 1.96. The molecule has 0 aliphatic carbocycles. The molecule has 0 atom stereocenters. The molecule has 0 amide bonds. The molecule has 7 heteroatoms. The second-order valence-corrected chi connectivity index (χ2v) is 8.91. The Hall–Kier alpha value is -2.31. The van der Waals surface area contributed by atoms with E-state index in [1.807, 2.05) is 24.3 Å². The maximum Gasteiger partial charge on any atom is 0.259 e. The predicted octanol–water partition coefficient (Wildman–Crippen LogP) is 5.01. The minimum absolute atomic E-state index is 0.0154. The van der Waals surface area contributed by atoms with Crippen LogP contribution in [0.15, 0.2) is 35.3 Å². The molecule has 142 valence electrons. The van der Waals surface area contributed by atoms with Crippen LogP contribution in [-0.2, 0) is 0 Å². The normalized spacial score (nSPS) is 12.0. The maximum atomic E-state index is 12.2.